The largest absolute Gasteiger partial charge is 0.350 e. The van der Waals surface area contributed by atoms with Crippen LogP contribution >= 0.6 is 0 Å². The Morgan fingerprint density at radius 2 is 1.57 bits per heavy atom. The number of rotatable bonds is 6. The molecule has 0 saturated heterocycles. The Hall–Kier alpha value is -3.19. The smallest absolute Gasteiger partial charge is 0.274 e. The van der Waals surface area contributed by atoms with Crippen LogP contribution in [0.1, 0.15) is 36.7 Å². The van der Waals surface area contributed by atoms with E-state index in [1.807, 2.05) is 26.8 Å². The molecule has 0 atom stereocenters. The molecule has 3 N–H and O–H groups in total. The van der Waals surface area contributed by atoms with Gasteiger partial charge >= 0.3 is 0 Å². The zero-order chi connectivity index (χ0) is 20.7. The molecule has 28 heavy (non-hydrogen) atoms. The maximum Gasteiger partial charge on any atom is 0.274 e. The molecule has 0 fully saturated rings. The number of nitrogens with one attached hydrogen (secondary N) is 2. The number of carbonyl (C=O) groups excluding carboxylic acids is 3. The molecule has 0 aliphatic carbocycles. The average Bonchev–Trinajstić information content (AvgIpc) is 2.65. The van der Waals surface area contributed by atoms with Crippen molar-refractivity contribution >= 4 is 23.4 Å². The topological polar surface area (TPSA) is 98.7 Å². The van der Waals surface area contributed by atoms with Gasteiger partial charge in [-0.05, 0) is 50.6 Å². The minimum atomic E-state index is -0.623. The molecule has 0 radical (unpaired) electrons. The summed E-state index contributed by atoms with van der Waals surface area (Å²) >= 11 is 0. The van der Waals surface area contributed by atoms with Crippen LogP contribution in [0.15, 0.2) is 54.6 Å². The molecule has 0 aliphatic heterocycles. The van der Waals surface area contributed by atoms with Crippen LogP contribution in [0.5, 0.6) is 0 Å². The van der Waals surface area contributed by atoms with Gasteiger partial charge in [0.1, 0.15) is 6.54 Å². The summed E-state index contributed by atoms with van der Waals surface area (Å²) in [4.78, 5) is 38.1. The molecule has 0 bridgehead atoms. The summed E-state index contributed by atoms with van der Waals surface area (Å²) in [5.74, 6) is -1.11. The van der Waals surface area contributed by atoms with Gasteiger partial charge in [-0.3, -0.25) is 19.6 Å². The third kappa shape index (κ3) is 6.21. The lowest BCUT2D eigenvalue weighted by Crippen LogP contribution is -2.47. The first kappa shape index (κ1) is 21.1. The number of hydroxylamine groups is 1. The van der Waals surface area contributed by atoms with Crippen LogP contribution in [0.3, 0.4) is 0 Å². The van der Waals surface area contributed by atoms with E-state index < -0.39 is 11.4 Å². The third-order valence-corrected chi connectivity index (χ3v) is 3.86. The van der Waals surface area contributed by atoms with E-state index in [9.17, 15) is 14.4 Å². The maximum atomic E-state index is 12.9. The fourth-order valence-corrected chi connectivity index (χ4v) is 2.64. The number of nitrogens with zero attached hydrogens (tertiary/aromatic N) is 1. The zero-order valence-corrected chi connectivity index (χ0v) is 16.2. The van der Waals surface area contributed by atoms with Crippen molar-refractivity contribution in [3.8, 4) is 0 Å². The van der Waals surface area contributed by atoms with E-state index in [2.05, 4.69) is 5.32 Å². The Morgan fingerprint density at radius 3 is 2.11 bits per heavy atom. The Labute approximate surface area is 164 Å². The molecule has 0 heterocycles. The highest BCUT2D eigenvalue weighted by Crippen LogP contribution is 2.16. The van der Waals surface area contributed by atoms with Gasteiger partial charge < -0.3 is 10.2 Å². The van der Waals surface area contributed by atoms with Gasteiger partial charge in [-0.1, -0.05) is 30.3 Å². The molecule has 2 aromatic carbocycles. The van der Waals surface area contributed by atoms with E-state index in [1.165, 1.54) is 17.0 Å². The van der Waals surface area contributed by atoms with Gasteiger partial charge in [0.25, 0.3) is 5.91 Å². The fourth-order valence-electron chi connectivity index (χ4n) is 2.64. The molecular weight excluding hydrogens is 358 g/mol. The second-order valence-electron chi connectivity index (χ2n) is 7.43. The van der Waals surface area contributed by atoms with Crippen LogP contribution in [0.2, 0.25) is 0 Å². The van der Waals surface area contributed by atoms with Crippen LogP contribution < -0.4 is 15.7 Å². The Morgan fingerprint density at radius 1 is 0.964 bits per heavy atom. The number of anilines is 1. The lowest BCUT2D eigenvalue weighted by atomic mass is 10.1. The average molecular weight is 383 g/mol. The molecule has 0 aromatic heterocycles. The van der Waals surface area contributed by atoms with E-state index in [-0.39, 0.29) is 30.3 Å². The van der Waals surface area contributed by atoms with Crippen molar-refractivity contribution in [3.63, 3.8) is 0 Å². The quantitative estimate of drug-likeness (QED) is 0.526. The van der Waals surface area contributed by atoms with Crippen molar-refractivity contribution in [2.75, 3.05) is 11.4 Å². The highest BCUT2D eigenvalue weighted by molar-refractivity contribution is 6.00. The Kier molecular flexibility index (Phi) is 6.89. The number of benzene rings is 2. The summed E-state index contributed by atoms with van der Waals surface area (Å²) in [6.07, 6.45) is 0.0682. The lowest BCUT2D eigenvalue weighted by Gasteiger charge is -2.26. The maximum absolute atomic E-state index is 12.9. The first-order valence-electron chi connectivity index (χ1n) is 8.89. The highest BCUT2D eigenvalue weighted by atomic mass is 16.5. The van der Waals surface area contributed by atoms with Crippen molar-refractivity contribution in [1.29, 1.82) is 0 Å². The van der Waals surface area contributed by atoms with Gasteiger partial charge in [-0.2, -0.15) is 0 Å². The van der Waals surface area contributed by atoms with Crippen molar-refractivity contribution in [1.82, 2.24) is 10.8 Å². The normalized spacial score (nSPS) is 10.9. The number of para-hydroxylation sites is 1. The molecule has 7 nitrogen and oxygen atoms in total. The molecule has 0 aliphatic rings. The van der Waals surface area contributed by atoms with E-state index in [1.54, 1.807) is 41.9 Å². The summed E-state index contributed by atoms with van der Waals surface area (Å²) in [5.41, 5.74) is 2.77. The van der Waals surface area contributed by atoms with Crippen LogP contribution in [0.25, 0.3) is 0 Å². The van der Waals surface area contributed by atoms with Gasteiger partial charge in [0.2, 0.25) is 11.8 Å². The van der Waals surface area contributed by atoms with Crippen molar-refractivity contribution in [2.24, 2.45) is 0 Å². The van der Waals surface area contributed by atoms with E-state index in [0.29, 0.717) is 11.3 Å². The van der Waals surface area contributed by atoms with Crippen molar-refractivity contribution < 1.29 is 19.6 Å². The second-order valence-corrected chi connectivity index (χ2v) is 7.43. The minimum absolute atomic E-state index is 0.0682. The summed E-state index contributed by atoms with van der Waals surface area (Å²) in [6.45, 7) is 5.54. The van der Waals surface area contributed by atoms with Gasteiger partial charge in [0.05, 0.1) is 6.42 Å². The van der Waals surface area contributed by atoms with Gasteiger partial charge in [-0.25, -0.2) is 5.48 Å². The predicted octanol–water partition coefficient (Wildman–Crippen LogP) is 2.30. The molecule has 0 unspecified atom stereocenters. The van der Waals surface area contributed by atoms with E-state index in [4.69, 9.17) is 5.21 Å². The van der Waals surface area contributed by atoms with E-state index in [0.717, 1.165) is 0 Å². The monoisotopic (exact) mass is 383 g/mol. The van der Waals surface area contributed by atoms with Crippen molar-refractivity contribution in [3.05, 3.63) is 65.7 Å². The number of amides is 3. The summed E-state index contributed by atoms with van der Waals surface area (Å²) in [5, 5.41) is 11.5. The second kappa shape index (κ2) is 9.14. The summed E-state index contributed by atoms with van der Waals surface area (Å²) in [7, 11) is 0. The van der Waals surface area contributed by atoms with Crippen LogP contribution in [0.4, 0.5) is 5.69 Å². The summed E-state index contributed by atoms with van der Waals surface area (Å²) in [6, 6.07) is 15.3. The van der Waals surface area contributed by atoms with Gasteiger partial charge in [-0.15, -0.1) is 0 Å². The van der Waals surface area contributed by atoms with Gasteiger partial charge in [0.15, 0.2) is 0 Å². The minimum Gasteiger partial charge on any atom is -0.350 e. The Bertz CT molecular complexity index is 827. The number of hydrogen-bond donors (Lipinski definition) is 3. The SMILES string of the molecule is CC(C)(C)NC(=O)CN(C(=O)Cc1ccc(C(=O)NO)cc1)c1ccccc1. The first-order valence-corrected chi connectivity index (χ1v) is 8.89. The predicted molar refractivity (Wildman–Crippen MR) is 106 cm³/mol. The molecule has 2 aromatic rings. The molecule has 148 valence electrons. The number of carbonyl (C=O) groups is 3. The zero-order valence-electron chi connectivity index (χ0n) is 16.2. The van der Waals surface area contributed by atoms with Crippen LogP contribution in [-0.4, -0.2) is 35.0 Å². The first-order chi connectivity index (χ1) is 13.2. The third-order valence-electron chi connectivity index (χ3n) is 3.86. The lowest BCUT2D eigenvalue weighted by molar-refractivity contribution is -0.124. The summed E-state index contributed by atoms with van der Waals surface area (Å²) < 4.78 is 0. The molecule has 7 heteroatoms. The van der Waals surface area contributed by atoms with Gasteiger partial charge in [0, 0.05) is 16.8 Å². The van der Waals surface area contributed by atoms with E-state index >= 15 is 0 Å². The molecule has 0 spiro atoms. The Balaban J connectivity index is 2.17. The number of hydrogen-bond acceptors (Lipinski definition) is 4. The fraction of sp³-hybridized carbons (Fsp3) is 0.286. The highest BCUT2D eigenvalue weighted by Gasteiger charge is 2.22. The molecule has 2 rings (SSSR count). The molecule has 3 amide bonds. The standard InChI is InChI=1S/C21H25N3O4/c1-21(2,3)22-18(25)14-24(17-7-5-4-6-8-17)19(26)13-15-9-11-16(12-10-15)20(27)23-28/h4-12,28H,13-14H2,1-3H3,(H,22,25)(H,23,27). The molecular formula is C21H25N3O4. The molecule has 0 saturated carbocycles. The van der Waals surface area contributed by atoms with Crippen LogP contribution in [-0.2, 0) is 16.0 Å². The van der Waals surface area contributed by atoms with Crippen LogP contribution in [0, 0.1) is 0 Å². The van der Waals surface area contributed by atoms with Crippen molar-refractivity contribution in [2.45, 2.75) is 32.7 Å².